The van der Waals surface area contributed by atoms with E-state index in [1.165, 1.54) is 12.1 Å². The van der Waals surface area contributed by atoms with Crippen LogP contribution in [0.2, 0.25) is 5.02 Å². The molecule has 0 bridgehead atoms. The average molecular weight is 336 g/mol. The molecule has 1 aromatic heterocycles. The fourth-order valence-electron chi connectivity index (χ4n) is 3.12. The standard InChI is InChI=1S/C18H19ClFNO2/c1-10-13(17(22)23)7-16(14-6-12(19)4-5-15(14)20)21(10)9-11-8-18(11,2)3/h4-7,11H,8-9H2,1-3H3,(H,22,23). The minimum Gasteiger partial charge on any atom is -0.478 e. The Labute approximate surface area is 139 Å². The number of carboxylic acids is 1. The highest BCUT2D eigenvalue weighted by atomic mass is 35.5. The van der Waals surface area contributed by atoms with Crippen LogP contribution in [0.4, 0.5) is 4.39 Å². The molecule has 3 rings (SSSR count). The Morgan fingerprint density at radius 1 is 1.43 bits per heavy atom. The maximum atomic E-state index is 14.3. The Hall–Kier alpha value is -1.81. The zero-order chi connectivity index (χ0) is 16.9. The van der Waals surface area contributed by atoms with Crippen LogP contribution in [0.25, 0.3) is 11.3 Å². The summed E-state index contributed by atoms with van der Waals surface area (Å²) in [4.78, 5) is 11.5. The first kappa shape index (κ1) is 16.1. The molecule has 1 heterocycles. The van der Waals surface area contributed by atoms with Crippen LogP contribution in [0.15, 0.2) is 24.3 Å². The lowest BCUT2D eigenvalue weighted by molar-refractivity contribution is 0.0696. The number of carbonyl (C=O) groups is 1. The van der Waals surface area contributed by atoms with Crippen molar-refractivity contribution in [1.82, 2.24) is 4.57 Å². The van der Waals surface area contributed by atoms with Gasteiger partial charge in [0.15, 0.2) is 0 Å². The van der Waals surface area contributed by atoms with Gasteiger partial charge in [-0.2, -0.15) is 0 Å². The Morgan fingerprint density at radius 3 is 2.65 bits per heavy atom. The molecule has 5 heteroatoms. The van der Waals surface area contributed by atoms with Crippen molar-refractivity contribution in [2.75, 3.05) is 0 Å². The van der Waals surface area contributed by atoms with Crippen molar-refractivity contribution in [1.29, 1.82) is 0 Å². The van der Waals surface area contributed by atoms with Gasteiger partial charge in [-0.15, -0.1) is 0 Å². The molecule has 1 aromatic carbocycles. The topological polar surface area (TPSA) is 42.2 Å². The molecule has 2 aromatic rings. The highest BCUT2D eigenvalue weighted by molar-refractivity contribution is 6.30. The van der Waals surface area contributed by atoms with Crippen molar-refractivity contribution in [3.8, 4) is 11.3 Å². The van der Waals surface area contributed by atoms with Gasteiger partial charge in [0.2, 0.25) is 0 Å². The van der Waals surface area contributed by atoms with Crippen LogP contribution < -0.4 is 0 Å². The van der Waals surface area contributed by atoms with Gasteiger partial charge < -0.3 is 9.67 Å². The molecule has 3 nitrogen and oxygen atoms in total. The quantitative estimate of drug-likeness (QED) is 0.854. The molecule has 0 spiro atoms. The summed E-state index contributed by atoms with van der Waals surface area (Å²) in [5, 5.41) is 9.82. The van der Waals surface area contributed by atoms with Crippen LogP contribution in [-0.2, 0) is 6.54 Å². The first-order valence-electron chi connectivity index (χ1n) is 7.59. The smallest absolute Gasteiger partial charge is 0.337 e. The van der Waals surface area contributed by atoms with E-state index >= 15 is 0 Å². The van der Waals surface area contributed by atoms with E-state index in [2.05, 4.69) is 13.8 Å². The SMILES string of the molecule is Cc1c(C(=O)O)cc(-c2cc(Cl)ccc2F)n1CC1CC1(C)C. The van der Waals surface area contributed by atoms with Crippen LogP contribution in [0.5, 0.6) is 0 Å². The lowest BCUT2D eigenvalue weighted by Gasteiger charge is -2.14. The number of aromatic nitrogens is 1. The summed E-state index contributed by atoms with van der Waals surface area (Å²) in [7, 11) is 0. The normalized spacial score (nSPS) is 18.9. The molecule has 0 aliphatic heterocycles. The Kier molecular flexibility index (Phi) is 3.75. The van der Waals surface area contributed by atoms with E-state index in [-0.39, 0.29) is 11.0 Å². The van der Waals surface area contributed by atoms with Crippen molar-refractivity contribution in [3.63, 3.8) is 0 Å². The maximum Gasteiger partial charge on any atom is 0.337 e. The number of rotatable bonds is 4. The zero-order valence-electron chi connectivity index (χ0n) is 13.4. The summed E-state index contributed by atoms with van der Waals surface area (Å²) in [6.07, 6.45) is 1.09. The average Bonchev–Trinajstić information content (AvgIpc) is 2.92. The third-order valence-corrected chi connectivity index (χ3v) is 5.16. The molecule has 1 atom stereocenters. The zero-order valence-corrected chi connectivity index (χ0v) is 14.1. The summed E-state index contributed by atoms with van der Waals surface area (Å²) in [5.41, 5.74) is 2.02. The number of hydrogen-bond donors (Lipinski definition) is 1. The lowest BCUT2D eigenvalue weighted by Crippen LogP contribution is -2.09. The highest BCUT2D eigenvalue weighted by Crippen LogP contribution is 2.53. The van der Waals surface area contributed by atoms with Crippen molar-refractivity contribution >= 4 is 17.6 Å². The molecular weight excluding hydrogens is 317 g/mol. The monoisotopic (exact) mass is 335 g/mol. The van der Waals surface area contributed by atoms with E-state index in [0.717, 1.165) is 6.42 Å². The van der Waals surface area contributed by atoms with E-state index in [1.54, 1.807) is 19.1 Å². The summed E-state index contributed by atoms with van der Waals surface area (Å²) in [6.45, 7) is 6.83. The first-order valence-corrected chi connectivity index (χ1v) is 7.97. The Morgan fingerprint density at radius 2 is 2.09 bits per heavy atom. The van der Waals surface area contributed by atoms with Gasteiger partial charge in [0.05, 0.1) is 11.3 Å². The lowest BCUT2D eigenvalue weighted by atomic mass is 10.1. The van der Waals surface area contributed by atoms with Gasteiger partial charge in [-0.3, -0.25) is 0 Å². The van der Waals surface area contributed by atoms with Gasteiger partial charge in [0, 0.05) is 22.8 Å². The predicted molar refractivity (Wildman–Crippen MR) is 88.4 cm³/mol. The largest absolute Gasteiger partial charge is 0.478 e. The van der Waals surface area contributed by atoms with Gasteiger partial charge in [-0.05, 0) is 48.9 Å². The number of aromatic carboxylic acids is 1. The van der Waals surface area contributed by atoms with Crippen molar-refractivity contribution in [2.24, 2.45) is 11.3 Å². The number of hydrogen-bond acceptors (Lipinski definition) is 1. The fraction of sp³-hybridized carbons (Fsp3) is 0.389. The summed E-state index contributed by atoms with van der Waals surface area (Å²) < 4.78 is 16.2. The van der Waals surface area contributed by atoms with E-state index in [9.17, 15) is 14.3 Å². The molecule has 122 valence electrons. The molecule has 0 radical (unpaired) electrons. The molecule has 0 amide bonds. The minimum atomic E-state index is -1.00. The minimum absolute atomic E-state index is 0.206. The molecule has 1 unspecified atom stereocenters. The van der Waals surface area contributed by atoms with Gasteiger partial charge in [0.1, 0.15) is 5.82 Å². The van der Waals surface area contributed by atoms with Gasteiger partial charge in [0.25, 0.3) is 0 Å². The molecule has 1 aliphatic rings. The van der Waals surface area contributed by atoms with E-state index in [1.807, 2.05) is 4.57 Å². The molecule has 1 N–H and O–H groups in total. The molecule has 23 heavy (non-hydrogen) atoms. The summed E-state index contributed by atoms with van der Waals surface area (Å²) >= 11 is 6.00. The van der Waals surface area contributed by atoms with Crippen molar-refractivity contribution in [2.45, 2.75) is 33.7 Å². The highest BCUT2D eigenvalue weighted by Gasteiger charge is 2.45. The van der Waals surface area contributed by atoms with Crippen molar-refractivity contribution in [3.05, 3.63) is 46.4 Å². The van der Waals surface area contributed by atoms with Gasteiger partial charge in [-0.1, -0.05) is 25.4 Å². The van der Waals surface area contributed by atoms with Gasteiger partial charge >= 0.3 is 5.97 Å². The second-order valence-electron chi connectivity index (χ2n) is 6.96. The molecule has 0 saturated heterocycles. The van der Waals surface area contributed by atoms with Crippen LogP contribution >= 0.6 is 11.6 Å². The van der Waals surface area contributed by atoms with E-state index in [4.69, 9.17) is 11.6 Å². The number of benzene rings is 1. The molecule has 1 fully saturated rings. The Bertz CT molecular complexity index is 795. The number of carboxylic acid groups (broad SMARTS) is 1. The Balaban J connectivity index is 2.13. The number of halogens is 2. The predicted octanol–water partition coefficient (Wildman–Crippen LogP) is 5.00. The number of nitrogens with zero attached hydrogens (tertiary/aromatic N) is 1. The third-order valence-electron chi connectivity index (χ3n) is 4.92. The van der Waals surface area contributed by atoms with Crippen LogP contribution in [0.3, 0.4) is 0 Å². The van der Waals surface area contributed by atoms with E-state index < -0.39 is 11.8 Å². The van der Waals surface area contributed by atoms with Crippen LogP contribution in [0.1, 0.15) is 36.3 Å². The van der Waals surface area contributed by atoms with E-state index in [0.29, 0.717) is 34.4 Å². The van der Waals surface area contributed by atoms with Crippen LogP contribution in [-0.4, -0.2) is 15.6 Å². The molecule has 1 aliphatic carbocycles. The fourth-order valence-corrected chi connectivity index (χ4v) is 3.29. The van der Waals surface area contributed by atoms with Gasteiger partial charge in [-0.25, -0.2) is 9.18 Å². The molecule has 1 saturated carbocycles. The second kappa shape index (κ2) is 5.38. The molecular formula is C18H19ClFNO2. The maximum absolute atomic E-state index is 14.3. The third kappa shape index (κ3) is 2.88. The first-order chi connectivity index (χ1) is 10.7. The summed E-state index contributed by atoms with van der Waals surface area (Å²) in [5.74, 6) is -0.934. The second-order valence-corrected chi connectivity index (χ2v) is 7.39. The van der Waals surface area contributed by atoms with Crippen molar-refractivity contribution < 1.29 is 14.3 Å². The summed E-state index contributed by atoms with van der Waals surface area (Å²) in [6, 6.07) is 5.89. The van der Waals surface area contributed by atoms with Crippen LogP contribution in [0, 0.1) is 24.1 Å².